The van der Waals surface area contributed by atoms with E-state index in [4.69, 9.17) is 28.9 Å². The molecule has 4 nitrogen and oxygen atoms in total. The average Bonchev–Trinajstić information content (AvgIpc) is 2.14. The number of amides is 1. The molecule has 0 fully saturated rings. The molecule has 1 aromatic carbocycles. The number of carbonyl (C=O) groups excluding carboxylic acids is 1. The predicted octanol–water partition coefficient (Wildman–Crippen LogP) is 2.50. The fraction of sp³-hybridized carbons (Fsp3) is 0.125. The summed E-state index contributed by atoms with van der Waals surface area (Å²) in [6.45, 7) is -0.441. The molecule has 0 bridgehead atoms. The van der Waals surface area contributed by atoms with Crippen LogP contribution >= 0.6 is 23.2 Å². The molecule has 1 rings (SSSR count). The lowest BCUT2D eigenvalue weighted by Crippen LogP contribution is -2.15. The predicted molar refractivity (Wildman–Crippen MR) is 54.4 cm³/mol. The van der Waals surface area contributed by atoms with Gasteiger partial charge in [-0.2, -0.15) is 4.91 Å². The van der Waals surface area contributed by atoms with E-state index in [1.807, 2.05) is 0 Å². The summed E-state index contributed by atoms with van der Waals surface area (Å²) in [4.78, 5) is 20.9. The second-order valence-electron chi connectivity index (χ2n) is 2.67. The van der Waals surface area contributed by atoms with Gasteiger partial charge in [0.15, 0.2) is 0 Å². The van der Waals surface area contributed by atoms with Crippen molar-refractivity contribution in [2.75, 3.05) is 0 Å². The van der Waals surface area contributed by atoms with Crippen LogP contribution in [0, 0.1) is 10.7 Å². The monoisotopic (exact) mass is 250 g/mol. The molecular formula is C8H5Cl2FN2O2. The lowest BCUT2D eigenvalue weighted by Gasteiger charge is -2.07. The van der Waals surface area contributed by atoms with Crippen LogP contribution in [-0.2, 0) is 6.54 Å². The van der Waals surface area contributed by atoms with Crippen molar-refractivity contribution in [2.24, 2.45) is 10.9 Å². The highest BCUT2D eigenvalue weighted by Crippen LogP contribution is 2.30. The molecule has 1 amide bonds. The summed E-state index contributed by atoms with van der Waals surface area (Å²) >= 11 is 11.2. The number of halogens is 3. The van der Waals surface area contributed by atoms with Crippen molar-refractivity contribution in [1.29, 1.82) is 0 Å². The Labute approximate surface area is 94.1 Å². The lowest BCUT2D eigenvalue weighted by molar-refractivity contribution is 0.0996. The number of benzene rings is 1. The minimum absolute atomic E-state index is 0.0504. The lowest BCUT2D eigenvalue weighted by atomic mass is 10.1. The summed E-state index contributed by atoms with van der Waals surface area (Å²) in [5, 5.41) is 2.18. The Morgan fingerprint density at radius 1 is 1.53 bits per heavy atom. The molecule has 0 heterocycles. The number of hydrogen-bond donors (Lipinski definition) is 1. The van der Waals surface area contributed by atoms with Gasteiger partial charge in [0.1, 0.15) is 12.4 Å². The van der Waals surface area contributed by atoms with Crippen molar-refractivity contribution in [3.63, 3.8) is 0 Å². The topological polar surface area (TPSA) is 72.5 Å². The molecule has 1 aromatic rings. The van der Waals surface area contributed by atoms with Crippen molar-refractivity contribution >= 4 is 29.1 Å². The molecule has 0 saturated heterocycles. The first-order valence-corrected chi connectivity index (χ1v) is 4.50. The number of carbonyl (C=O) groups is 1. The molecule has 80 valence electrons. The minimum Gasteiger partial charge on any atom is -0.365 e. The Hall–Kier alpha value is -1.20. The van der Waals surface area contributed by atoms with Crippen molar-refractivity contribution in [2.45, 2.75) is 6.54 Å². The van der Waals surface area contributed by atoms with Crippen LogP contribution in [0.5, 0.6) is 0 Å². The molecule has 0 aromatic heterocycles. The van der Waals surface area contributed by atoms with Crippen LogP contribution in [0.25, 0.3) is 0 Å². The first-order valence-electron chi connectivity index (χ1n) is 3.74. The van der Waals surface area contributed by atoms with Crippen LogP contribution in [0.2, 0.25) is 10.0 Å². The number of nitrogens with zero attached hydrogens (tertiary/aromatic N) is 1. The largest absolute Gasteiger partial charge is 0.365 e. The van der Waals surface area contributed by atoms with E-state index in [1.165, 1.54) is 0 Å². The van der Waals surface area contributed by atoms with Crippen LogP contribution < -0.4 is 5.73 Å². The standard InChI is InChI=1S/C8H5Cl2FN2O2/c9-4-1-3(2-13-15)7(11)5(6(4)10)8(12)14/h1H,2H2,(H2,12,14). The summed E-state index contributed by atoms with van der Waals surface area (Å²) in [5.74, 6) is -2.01. The van der Waals surface area contributed by atoms with Crippen molar-refractivity contribution < 1.29 is 9.18 Å². The highest BCUT2D eigenvalue weighted by atomic mass is 35.5. The summed E-state index contributed by atoms with van der Waals surface area (Å²) in [7, 11) is 0. The molecule has 0 unspecified atom stereocenters. The fourth-order valence-corrected chi connectivity index (χ4v) is 1.51. The maximum Gasteiger partial charge on any atom is 0.253 e. The Balaban J connectivity index is 3.48. The fourth-order valence-electron chi connectivity index (χ4n) is 1.06. The van der Waals surface area contributed by atoms with Gasteiger partial charge in [-0.3, -0.25) is 4.79 Å². The Kier molecular flexibility index (Phi) is 3.60. The van der Waals surface area contributed by atoms with Gasteiger partial charge in [-0.25, -0.2) is 4.39 Å². The molecule has 0 atom stereocenters. The van der Waals surface area contributed by atoms with Gasteiger partial charge in [0, 0.05) is 5.56 Å². The number of nitroso groups, excluding NO2 is 1. The number of hydrogen-bond acceptors (Lipinski definition) is 3. The van der Waals surface area contributed by atoms with Gasteiger partial charge in [-0.1, -0.05) is 28.4 Å². The second kappa shape index (κ2) is 4.55. The summed E-state index contributed by atoms with van der Waals surface area (Å²) in [6.07, 6.45) is 0. The van der Waals surface area contributed by atoms with Gasteiger partial charge in [0.2, 0.25) is 0 Å². The Morgan fingerprint density at radius 3 is 2.60 bits per heavy atom. The zero-order chi connectivity index (χ0) is 11.6. The summed E-state index contributed by atoms with van der Waals surface area (Å²) < 4.78 is 13.5. The van der Waals surface area contributed by atoms with Crippen LogP contribution in [0.15, 0.2) is 11.2 Å². The van der Waals surface area contributed by atoms with Crippen LogP contribution in [0.3, 0.4) is 0 Å². The number of primary amides is 1. The SMILES string of the molecule is NC(=O)c1c(F)c(CN=O)cc(Cl)c1Cl. The van der Waals surface area contributed by atoms with E-state index < -0.39 is 23.8 Å². The average molecular weight is 251 g/mol. The molecule has 2 N–H and O–H groups in total. The van der Waals surface area contributed by atoms with Gasteiger partial charge in [0.05, 0.1) is 15.6 Å². The third kappa shape index (κ3) is 2.24. The first-order chi connectivity index (χ1) is 6.99. The van der Waals surface area contributed by atoms with Gasteiger partial charge >= 0.3 is 0 Å². The maximum atomic E-state index is 13.5. The van der Waals surface area contributed by atoms with E-state index in [9.17, 15) is 14.1 Å². The third-order valence-electron chi connectivity index (χ3n) is 1.71. The quantitative estimate of drug-likeness (QED) is 0.662. The van der Waals surface area contributed by atoms with Crippen LogP contribution in [0.4, 0.5) is 4.39 Å². The number of rotatable bonds is 3. The first kappa shape index (κ1) is 11.9. The Morgan fingerprint density at radius 2 is 2.13 bits per heavy atom. The van der Waals surface area contributed by atoms with E-state index in [0.29, 0.717) is 0 Å². The van der Waals surface area contributed by atoms with Crippen molar-refractivity contribution in [3.05, 3.63) is 38.0 Å². The van der Waals surface area contributed by atoms with Crippen molar-refractivity contribution in [1.82, 2.24) is 0 Å². The molecule has 0 aliphatic heterocycles. The molecular weight excluding hydrogens is 246 g/mol. The van der Waals surface area contributed by atoms with Crippen LogP contribution in [-0.4, -0.2) is 5.91 Å². The van der Waals surface area contributed by atoms with E-state index in [2.05, 4.69) is 5.18 Å². The van der Waals surface area contributed by atoms with E-state index in [-0.39, 0.29) is 15.6 Å². The van der Waals surface area contributed by atoms with E-state index in [0.717, 1.165) is 6.07 Å². The smallest absolute Gasteiger partial charge is 0.253 e. The molecule has 7 heteroatoms. The highest BCUT2D eigenvalue weighted by Gasteiger charge is 2.20. The molecule has 0 saturated carbocycles. The zero-order valence-corrected chi connectivity index (χ0v) is 8.77. The van der Waals surface area contributed by atoms with Crippen LogP contribution in [0.1, 0.15) is 15.9 Å². The van der Waals surface area contributed by atoms with Gasteiger partial charge < -0.3 is 5.73 Å². The van der Waals surface area contributed by atoms with Gasteiger partial charge in [-0.15, -0.1) is 0 Å². The maximum absolute atomic E-state index is 13.5. The van der Waals surface area contributed by atoms with Gasteiger partial charge in [-0.05, 0) is 6.07 Å². The van der Waals surface area contributed by atoms with E-state index >= 15 is 0 Å². The summed E-state index contributed by atoms with van der Waals surface area (Å²) in [5.41, 5.74) is 4.28. The molecule has 0 aliphatic carbocycles. The second-order valence-corrected chi connectivity index (χ2v) is 3.46. The minimum atomic E-state index is -1.05. The Bertz CT molecular complexity index is 437. The molecule has 0 aliphatic rings. The summed E-state index contributed by atoms with van der Waals surface area (Å²) in [6, 6.07) is 1.13. The molecule has 15 heavy (non-hydrogen) atoms. The highest BCUT2D eigenvalue weighted by molar-refractivity contribution is 6.43. The van der Waals surface area contributed by atoms with Gasteiger partial charge in [0.25, 0.3) is 5.91 Å². The van der Waals surface area contributed by atoms with E-state index in [1.54, 1.807) is 0 Å². The third-order valence-corrected chi connectivity index (χ3v) is 2.50. The van der Waals surface area contributed by atoms with Crippen molar-refractivity contribution in [3.8, 4) is 0 Å². The molecule has 0 radical (unpaired) electrons. The normalized spacial score (nSPS) is 10.1. The zero-order valence-electron chi connectivity index (χ0n) is 7.26. The molecule has 0 spiro atoms. The number of nitrogens with two attached hydrogens (primary N) is 1.